The second-order valence-corrected chi connectivity index (χ2v) is 4.11. The molecule has 0 saturated carbocycles. The van der Waals surface area contributed by atoms with Gasteiger partial charge >= 0.3 is 0 Å². The number of aryl methyl sites for hydroxylation is 1. The van der Waals surface area contributed by atoms with Crippen molar-refractivity contribution in [3.8, 4) is 0 Å². The van der Waals surface area contributed by atoms with Crippen LogP contribution in [0.2, 0.25) is 5.02 Å². The molecule has 0 radical (unpaired) electrons. The van der Waals surface area contributed by atoms with Gasteiger partial charge in [0.1, 0.15) is 0 Å². The summed E-state index contributed by atoms with van der Waals surface area (Å²) in [6.45, 7) is 3.72. The number of benzene rings is 1. The van der Waals surface area contributed by atoms with Crippen LogP contribution in [0.15, 0.2) is 18.2 Å². The average molecular weight is 214 g/mol. The van der Waals surface area contributed by atoms with E-state index in [1.165, 1.54) is 0 Å². The molecule has 1 atom stereocenters. The van der Waals surface area contributed by atoms with Gasteiger partial charge < -0.3 is 10.8 Å². The van der Waals surface area contributed by atoms with Crippen LogP contribution in [0.1, 0.15) is 25.0 Å². The van der Waals surface area contributed by atoms with Gasteiger partial charge in [0.05, 0.1) is 12.1 Å². The molecule has 1 aromatic carbocycles. The van der Waals surface area contributed by atoms with Crippen LogP contribution in [0.25, 0.3) is 0 Å². The van der Waals surface area contributed by atoms with Crippen molar-refractivity contribution in [3.63, 3.8) is 0 Å². The predicted octanol–water partition coefficient (Wildman–Crippen LogP) is 2.07. The first kappa shape index (κ1) is 11.5. The van der Waals surface area contributed by atoms with Crippen molar-refractivity contribution in [3.05, 3.63) is 34.3 Å². The molecular weight excluding hydrogens is 198 g/mol. The zero-order valence-corrected chi connectivity index (χ0v) is 9.30. The maximum absolute atomic E-state index is 9.21. The lowest BCUT2D eigenvalue weighted by Crippen LogP contribution is -2.38. The SMILES string of the molecule is CCc1cccc(Cl)c1[C@](C)(N)CO. The van der Waals surface area contributed by atoms with Crippen molar-refractivity contribution < 1.29 is 5.11 Å². The molecule has 0 aromatic heterocycles. The van der Waals surface area contributed by atoms with Crippen LogP contribution in [-0.4, -0.2) is 11.7 Å². The molecule has 1 rings (SSSR count). The number of nitrogens with two attached hydrogens (primary N) is 1. The molecule has 0 amide bonds. The van der Waals surface area contributed by atoms with Crippen molar-refractivity contribution in [2.45, 2.75) is 25.8 Å². The number of halogens is 1. The lowest BCUT2D eigenvalue weighted by Gasteiger charge is -2.26. The van der Waals surface area contributed by atoms with Crippen molar-refractivity contribution >= 4 is 11.6 Å². The van der Waals surface area contributed by atoms with Crippen LogP contribution in [0.5, 0.6) is 0 Å². The van der Waals surface area contributed by atoms with Crippen molar-refractivity contribution in [1.82, 2.24) is 0 Å². The molecule has 14 heavy (non-hydrogen) atoms. The van der Waals surface area contributed by atoms with E-state index in [0.717, 1.165) is 17.5 Å². The van der Waals surface area contributed by atoms with Gasteiger partial charge in [-0.2, -0.15) is 0 Å². The van der Waals surface area contributed by atoms with Gasteiger partial charge in [-0.3, -0.25) is 0 Å². The summed E-state index contributed by atoms with van der Waals surface area (Å²) in [4.78, 5) is 0. The molecule has 78 valence electrons. The van der Waals surface area contributed by atoms with E-state index >= 15 is 0 Å². The third-order valence-corrected chi connectivity index (χ3v) is 2.70. The molecule has 3 heteroatoms. The van der Waals surface area contributed by atoms with Crippen LogP contribution in [0, 0.1) is 0 Å². The molecule has 3 N–H and O–H groups in total. The Balaban J connectivity index is 3.30. The van der Waals surface area contributed by atoms with Gasteiger partial charge in [0.2, 0.25) is 0 Å². The van der Waals surface area contributed by atoms with E-state index in [4.69, 9.17) is 17.3 Å². The highest BCUT2D eigenvalue weighted by Gasteiger charge is 2.25. The lowest BCUT2D eigenvalue weighted by atomic mass is 9.89. The van der Waals surface area contributed by atoms with Gasteiger partial charge in [0.25, 0.3) is 0 Å². The molecule has 0 bridgehead atoms. The molecule has 0 aliphatic rings. The van der Waals surface area contributed by atoms with Crippen LogP contribution in [-0.2, 0) is 12.0 Å². The van der Waals surface area contributed by atoms with Crippen LogP contribution in [0.4, 0.5) is 0 Å². The highest BCUT2D eigenvalue weighted by molar-refractivity contribution is 6.31. The molecule has 0 spiro atoms. The fourth-order valence-corrected chi connectivity index (χ4v) is 1.99. The molecule has 0 aliphatic heterocycles. The maximum Gasteiger partial charge on any atom is 0.0651 e. The average Bonchev–Trinajstić information content (AvgIpc) is 2.17. The standard InChI is InChI=1S/C11H16ClNO/c1-3-8-5-4-6-9(12)10(8)11(2,13)7-14/h4-6,14H,3,7,13H2,1-2H3/t11-/m1/s1. The van der Waals surface area contributed by atoms with Crippen molar-refractivity contribution in [2.75, 3.05) is 6.61 Å². The third-order valence-electron chi connectivity index (χ3n) is 2.38. The zero-order valence-electron chi connectivity index (χ0n) is 8.55. The van der Waals surface area contributed by atoms with Gasteiger partial charge in [-0.1, -0.05) is 30.7 Å². The Morgan fingerprint density at radius 1 is 1.50 bits per heavy atom. The molecule has 0 aliphatic carbocycles. The smallest absolute Gasteiger partial charge is 0.0651 e. The monoisotopic (exact) mass is 213 g/mol. The number of hydrogen-bond donors (Lipinski definition) is 2. The summed E-state index contributed by atoms with van der Waals surface area (Å²) in [5.74, 6) is 0. The predicted molar refractivity (Wildman–Crippen MR) is 59.5 cm³/mol. The Bertz CT molecular complexity index is 323. The number of hydrogen-bond acceptors (Lipinski definition) is 2. The lowest BCUT2D eigenvalue weighted by molar-refractivity contribution is 0.209. The summed E-state index contributed by atoms with van der Waals surface area (Å²) in [7, 11) is 0. The summed E-state index contributed by atoms with van der Waals surface area (Å²) < 4.78 is 0. The Morgan fingerprint density at radius 3 is 2.64 bits per heavy atom. The van der Waals surface area contributed by atoms with Crippen molar-refractivity contribution in [1.29, 1.82) is 0 Å². The van der Waals surface area contributed by atoms with E-state index in [2.05, 4.69) is 0 Å². The minimum Gasteiger partial charge on any atom is -0.394 e. The van der Waals surface area contributed by atoms with Gasteiger partial charge in [-0.15, -0.1) is 0 Å². The van der Waals surface area contributed by atoms with Crippen LogP contribution in [0.3, 0.4) is 0 Å². The first-order chi connectivity index (χ1) is 6.53. The van der Waals surface area contributed by atoms with Gasteiger partial charge in [-0.05, 0) is 30.5 Å². The number of aliphatic hydroxyl groups excluding tert-OH is 1. The van der Waals surface area contributed by atoms with Gasteiger partial charge in [0.15, 0.2) is 0 Å². The molecule has 1 aromatic rings. The first-order valence-electron chi connectivity index (χ1n) is 4.70. The Kier molecular flexibility index (Phi) is 3.53. The highest BCUT2D eigenvalue weighted by atomic mass is 35.5. The molecular formula is C11H16ClNO. The Labute approximate surface area is 89.7 Å². The van der Waals surface area contributed by atoms with Gasteiger partial charge in [0, 0.05) is 5.02 Å². The Morgan fingerprint density at radius 2 is 2.14 bits per heavy atom. The molecule has 0 fully saturated rings. The second kappa shape index (κ2) is 4.30. The quantitative estimate of drug-likeness (QED) is 0.808. The molecule has 0 unspecified atom stereocenters. The van der Waals surface area contributed by atoms with Crippen molar-refractivity contribution in [2.24, 2.45) is 5.73 Å². The first-order valence-corrected chi connectivity index (χ1v) is 5.08. The fraction of sp³-hybridized carbons (Fsp3) is 0.455. The van der Waals surface area contributed by atoms with E-state index in [9.17, 15) is 5.11 Å². The second-order valence-electron chi connectivity index (χ2n) is 3.70. The largest absolute Gasteiger partial charge is 0.394 e. The Hall–Kier alpha value is -0.570. The minimum absolute atomic E-state index is 0.107. The summed E-state index contributed by atoms with van der Waals surface area (Å²) >= 11 is 6.08. The normalized spacial score (nSPS) is 15.2. The van der Waals surface area contributed by atoms with Crippen LogP contribution >= 0.6 is 11.6 Å². The topological polar surface area (TPSA) is 46.2 Å². The van der Waals surface area contributed by atoms with Crippen LogP contribution < -0.4 is 5.73 Å². The van der Waals surface area contributed by atoms with E-state index < -0.39 is 5.54 Å². The van der Waals surface area contributed by atoms with E-state index in [1.807, 2.05) is 19.1 Å². The molecule has 0 heterocycles. The van der Waals surface area contributed by atoms with E-state index in [1.54, 1.807) is 13.0 Å². The van der Waals surface area contributed by atoms with E-state index in [-0.39, 0.29) is 6.61 Å². The van der Waals surface area contributed by atoms with E-state index in [0.29, 0.717) is 5.02 Å². The zero-order chi connectivity index (χ0) is 10.8. The minimum atomic E-state index is -0.760. The number of rotatable bonds is 3. The van der Waals surface area contributed by atoms with Gasteiger partial charge in [-0.25, -0.2) is 0 Å². The maximum atomic E-state index is 9.21. The fourth-order valence-electron chi connectivity index (χ4n) is 1.58. The number of aliphatic hydroxyl groups is 1. The summed E-state index contributed by atoms with van der Waals surface area (Å²) in [6, 6.07) is 5.69. The molecule has 2 nitrogen and oxygen atoms in total. The third kappa shape index (κ3) is 2.08. The molecule has 0 saturated heterocycles. The summed E-state index contributed by atoms with van der Waals surface area (Å²) in [6.07, 6.45) is 0.864. The summed E-state index contributed by atoms with van der Waals surface area (Å²) in [5, 5.41) is 9.84. The summed E-state index contributed by atoms with van der Waals surface area (Å²) in [5.41, 5.74) is 7.17. The highest BCUT2D eigenvalue weighted by Crippen LogP contribution is 2.29.